The van der Waals surface area contributed by atoms with Gasteiger partial charge in [-0.2, -0.15) is 0 Å². The van der Waals surface area contributed by atoms with Gasteiger partial charge in [0.15, 0.2) is 0 Å². The molecule has 3 nitrogen and oxygen atoms in total. The minimum Gasteiger partial charge on any atom is -0.489 e. The summed E-state index contributed by atoms with van der Waals surface area (Å²) in [5.41, 5.74) is 1.97. The third kappa shape index (κ3) is 4.62. The van der Waals surface area contributed by atoms with Gasteiger partial charge in [-0.25, -0.2) is 0 Å². The molecule has 0 saturated heterocycles. The molecule has 0 aliphatic rings. The van der Waals surface area contributed by atoms with Crippen LogP contribution in [-0.4, -0.2) is 17.2 Å². The summed E-state index contributed by atoms with van der Waals surface area (Å²) in [6, 6.07) is 17.4. The van der Waals surface area contributed by atoms with E-state index in [9.17, 15) is 0 Å². The molecule has 0 unspecified atom stereocenters. The maximum Gasteiger partial charge on any atom is 0.480 e. The standard InChI is InChI=1S/C15H15BO3/c17-16(18)10-9-13-7-4-8-15(11-13)19-12-14-5-2-1-3-6-14/h1-11,17-18H,12H2. The SMILES string of the molecule is OB(O)C=Cc1cccc(OCc2ccccc2)c1. The summed E-state index contributed by atoms with van der Waals surface area (Å²) < 4.78 is 5.68. The predicted octanol–water partition coefficient (Wildman–Crippen LogP) is 2.29. The van der Waals surface area contributed by atoms with E-state index in [1.165, 1.54) is 5.98 Å². The second-order valence-corrected chi connectivity index (χ2v) is 4.12. The normalized spacial score (nSPS) is 10.6. The first kappa shape index (κ1) is 13.4. The molecule has 0 aliphatic carbocycles. The fourth-order valence-corrected chi connectivity index (χ4v) is 1.65. The quantitative estimate of drug-likeness (QED) is 0.805. The summed E-state index contributed by atoms with van der Waals surface area (Å²) in [7, 11) is -1.44. The van der Waals surface area contributed by atoms with Crippen LogP contribution in [0.5, 0.6) is 5.75 Å². The average molecular weight is 254 g/mol. The predicted molar refractivity (Wildman–Crippen MR) is 76.4 cm³/mol. The molecule has 96 valence electrons. The van der Waals surface area contributed by atoms with Crippen molar-refractivity contribution in [1.29, 1.82) is 0 Å². The summed E-state index contributed by atoms with van der Waals surface area (Å²) in [5.74, 6) is 2.05. The second kappa shape index (κ2) is 6.78. The van der Waals surface area contributed by atoms with Crippen LogP contribution in [0, 0.1) is 0 Å². The molecule has 0 radical (unpaired) electrons. The highest BCUT2D eigenvalue weighted by atomic mass is 16.5. The lowest BCUT2D eigenvalue weighted by atomic mass is 9.91. The first-order chi connectivity index (χ1) is 9.24. The zero-order valence-corrected chi connectivity index (χ0v) is 10.4. The van der Waals surface area contributed by atoms with Crippen molar-refractivity contribution in [1.82, 2.24) is 0 Å². The molecule has 2 aromatic rings. The molecule has 0 aliphatic heterocycles. The minimum absolute atomic E-state index is 0.511. The zero-order chi connectivity index (χ0) is 13.5. The Kier molecular flexibility index (Phi) is 4.78. The van der Waals surface area contributed by atoms with E-state index in [4.69, 9.17) is 14.8 Å². The van der Waals surface area contributed by atoms with Crippen LogP contribution in [0.2, 0.25) is 0 Å². The van der Waals surface area contributed by atoms with Gasteiger partial charge in [-0.15, -0.1) is 0 Å². The Morgan fingerprint density at radius 1 is 1.00 bits per heavy atom. The van der Waals surface area contributed by atoms with E-state index in [0.717, 1.165) is 16.9 Å². The highest BCUT2D eigenvalue weighted by Gasteiger charge is 2.00. The first-order valence-corrected chi connectivity index (χ1v) is 6.05. The van der Waals surface area contributed by atoms with Gasteiger partial charge in [0.05, 0.1) is 0 Å². The maximum absolute atomic E-state index is 8.77. The van der Waals surface area contributed by atoms with E-state index in [-0.39, 0.29) is 0 Å². The Labute approximate surface area is 112 Å². The Bertz CT molecular complexity index is 538. The van der Waals surface area contributed by atoms with Gasteiger partial charge in [0, 0.05) is 0 Å². The summed E-state index contributed by atoms with van der Waals surface area (Å²) in [6.07, 6.45) is 1.64. The van der Waals surface area contributed by atoms with Crippen LogP contribution in [0.15, 0.2) is 60.6 Å². The van der Waals surface area contributed by atoms with E-state index in [0.29, 0.717) is 6.61 Å². The van der Waals surface area contributed by atoms with Crippen molar-refractivity contribution < 1.29 is 14.8 Å². The smallest absolute Gasteiger partial charge is 0.480 e. The molecule has 0 amide bonds. The number of hydrogen-bond donors (Lipinski definition) is 2. The number of ether oxygens (including phenoxy) is 1. The van der Waals surface area contributed by atoms with Crippen molar-refractivity contribution in [2.45, 2.75) is 6.61 Å². The van der Waals surface area contributed by atoms with Crippen LogP contribution >= 0.6 is 0 Å². The molecule has 0 heterocycles. The van der Waals surface area contributed by atoms with E-state index in [1.807, 2.05) is 54.6 Å². The van der Waals surface area contributed by atoms with Gasteiger partial charge in [0.2, 0.25) is 0 Å². The highest BCUT2D eigenvalue weighted by molar-refractivity contribution is 6.48. The lowest BCUT2D eigenvalue weighted by Crippen LogP contribution is -2.05. The molecular formula is C15H15BO3. The van der Waals surface area contributed by atoms with Gasteiger partial charge in [-0.1, -0.05) is 54.5 Å². The van der Waals surface area contributed by atoms with Crippen molar-refractivity contribution in [3.63, 3.8) is 0 Å². The molecule has 0 aromatic heterocycles. The first-order valence-electron chi connectivity index (χ1n) is 6.05. The van der Waals surface area contributed by atoms with E-state index in [1.54, 1.807) is 6.08 Å². The summed E-state index contributed by atoms with van der Waals surface area (Å²) >= 11 is 0. The van der Waals surface area contributed by atoms with Crippen LogP contribution in [0.4, 0.5) is 0 Å². The molecule has 0 spiro atoms. The summed E-state index contributed by atoms with van der Waals surface area (Å²) in [6.45, 7) is 0.511. The van der Waals surface area contributed by atoms with Crippen LogP contribution in [-0.2, 0) is 6.61 Å². The van der Waals surface area contributed by atoms with Gasteiger partial charge >= 0.3 is 7.12 Å². The zero-order valence-electron chi connectivity index (χ0n) is 10.4. The van der Waals surface area contributed by atoms with Crippen LogP contribution in [0.3, 0.4) is 0 Å². The summed E-state index contributed by atoms with van der Waals surface area (Å²) in [4.78, 5) is 0. The molecule has 2 rings (SSSR count). The van der Waals surface area contributed by atoms with Crippen LogP contribution < -0.4 is 4.74 Å². The third-order valence-corrected chi connectivity index (χ3v) is 2.57. The molecule has 2 aromatic carbocycles. The van der Waals surface area contributed by atoms with Crippen molar-refractivity contribution >= 4 is 13.2 Å². The van der Waals surface area contributed by atoms with Crippen LogP contribution in [0.25, 0.3) is 6.08 Å². The van der Waals surface area contributed by atoms with Crippen molar-refractivity contribution in [3.8, 4) is 5.75 Å². The molecule has 2 N–H and O–H groups in total. The lowest BCUT2D eigenvalue weighted by Gasteiger charge is -2.06. The minimum atomic E-state index is -1.44. The Hall–Kier alpha value is -2.04. The van der Waals surface area contributed by atoms with Crippen molar-refractivity contribution in [2.75, 3.05) is 0 Å². The van der Waals surface area contributed by atoms with Gasteiger partial charge in [0.1, 0.15) is 12.4 Å². The van der Waals surface area contributed by atoms with Crippen LogP contribution in [0.1, 0.15) is 11.1 Å². The Balaban J connectivity index is 1.99. The molecular weight excluding hydrogens is 239 g/mol. The Morgan fingerprint density at radius 2 is 1.79 bits per heavy atom. The van der Waals surface area contributed by atoms with E-state index < -0.39 is 7.12 Å². The monoisotopic (exact) mass is 254 g/mol. The third-order valence-electron chi connectivity index (χ3n) is 2.57. The molecule has 19 heavy (non-hydrogen) atoms. The number of hydrogen-bond acceptors (Lipinski definition) is 3. The molecule has 0 bridgehead atoms. The van der Waals surface area contributed by atoms with E-state index in [2.05, 4.69) is 0 Å². The summed E-state index contributed by atoms with van der Waals surface area (Å²) in [5, 5.41) is 17.5. The van der Waals surface area contributed by atoms with Gasteiger partial charge in [-0.3, -0.25) is 0 Å². The fourth-order valence-electron chi connectivity index (χ4n) is 1.65. The van der Waals surface area contributed by atoms with Crippen molar-refractivity contribution in [2.24, 2.45) is 0 Å². The largest absolute Gasteiger partial charge is 0.489 e. The molecule has 0 atom stereocenters. The second-order valence-electron chi connectivity index (χ2n) is 4.12. The van der Waals surface area contributed by atoms with Gasteiger partial charge in [0.25, 0.3) is 0 Å². The fraction of sp³-hybridized carbons (Fsp3) is 0.0667. The lowest BCUT2D eigenvalue weighted by molar-refractivity contribution is 0.306. The highest BCUT2D eigenvalue weighted by Crippen LogP contribution is 2.16. The van der Waals surface area contributed by atoms with Gasteiger partial charge < -0.3 is 14.8 Å². The topological polar surface area (TPSA) is 49.7 Å². The Morgan fingerprint density at radius 3 is 2.53 bits per heavy atom. The molecule has 4 heteroatoms. The maximum atomic E-state index is 8.77. The number of rotatable bonds is 5. The van der Waals surface area contributed by atoms with Crippen molar-refractivity contribution in [3.05, 3.63) is 71.7 Å². The molecule has 0 saturated carbocycles. The average Bonchev–Trinajstić information content (AvgIpc) is 2.44. The molecule has 0 fully saturated rings. The van der Waals surface area contributed by atoms with Gasteiger partial charge in [-0.05, 0) is 23.3 Å². The van der Waals surface area contributed by atoms with E-state index >= 15 is 0 Å². The number of benzene rings is 2.